The summed E-state index contributed by atoms with van der Waals surface area (Å²) in [5, 5.41) is 4.88. The number of hydrogen-bond donors (Lipinski definition) is 0. The van der Waals surface area contributed by atoms with Crippen LogP contribution in [-0.4, -0.2) is 62.5 Å². The highest BCUT2D eigenvalue weighted by Crippen LogP contribution is 2.24. The zero-order chi connectivity index (χ0) is 21.1. The van der Waals surface area contributed by atoms with E-state index in [9.17, 15) is 0 Å². The summed E-state index contributed by atoms with van der Waals surface area (Å²) >= 11 is 5.79. The fourth-order valence-electron chi connectivity index (χ4n) is 3.65. The van der Waals surface area contributed by atoms with Gasteiger partial charge in [0.25, 0.3) is 0 Å². The van der Waals surface area contributed by atoms with Crippen LogP contribution in [0.25, 0.3) is 11.4 Å². The van der Waals surface area contributed by atoms with Gasteiger partial charge in [-0.3, -0.25) is 9.47 Å². The van der Waals surface area contributed by atoms with Gasteiger partial charge in [0, 0.05) is 50.2 Å². The molecule has 0 amide bonds. The Balaban J connectivity index is 1.51. The average molecular weight is 426 g/mol. The number of aromatic nitrogens is 5. The van der Waals surface area contributed by atoms with E-state index < -0.39 is 0 Å². The van der Waals surface area contributed by atoms with Crippen LogP contribution in [0.15, 0.2) is 42.7 Å². The molecule has 0 N–H and O–H groups in total. The molecule has 0 aliphatic carbocycles. The van der Waals surface area contributed by atoms with E-state index in [-0.39, 0.29) is 6.04 Å². The zero-order valence-electron chi connectivity index (χ0n) is 17.6. The van der Waals surface area contributed by atoms with Gasteiger partial charge in [0.2, 0.25) is 5.95 Å². The summed E-state index contributed by atoms with van der Waals surface area (Å²) in [5.74, 6) is 2.50. The van der Waals surface area contributed by atoms with Gasteiger partial charge >= 0.3 is 0 Å². The van der Waals surface area contributed by atoms with E-state index in [1.165, 1.54) is 0 Å². The third kappa shape index (κ3) is 4.22. The predicted molar refractivity (Wildman–Crippen MR) is 119 cm³/mol. The Morgan fingerprint density at radius 3 is 2.30 bits per heavy atom. The molecule has 30 heavy (non-hydrogen) atoms. The minimum Gasteiger partial charge on any atom is -0.497 e. The molecule has 8 nitrogen and oxygen atoms in total. The Morgan fingerprint density at radius 2 is 1.70 bits per heavy atom. The first-order valence-electron chi connectivity index (χ1n) is 10.1. The van der Waals surface area contributed by atoms with Crippen molar-refractivity contribution in [3.05, 3.63) is 47.5 Å². The zero-order valence-corrected chi connectivity index (χ0v) is 18.4. The van der Waals surface area contributed by atoms with Crippen LogP contribution in [0.5, 0.6) is 5.75 Å². The van der Waals surface area contributed by atoms with Crippen molar-refractivity contribution in [3.8, 4) is 17.1 Å². The summed E-state index contributed by atoms with van der Waals surface area (Å²) in [6.07, 6.45) is 3.57. The van der Waals surface area contributed by atoms with Gasteiger partial charge in [-0.1, -0.05) is 0 Å². The highest BCUT2D eigenvalue weighted by Gasteiger charge is 2.21. The van der Waals surface area contributed by atoms with Gasteiger partial charge in [0.15, 0.2) is 10.6 Å². The van der Waals surface area contributed by atoms with Crippen molar-refractivity contribution in [2.45, 2.75) is 26.6 Å². The highest BCUT2D eigenvalue weighted by molar-refractivity contribution is 7.71. The van der Waals surface area contributed by atoms with E-state index in [0.717, 1.165) is 54.0 Å². The molecule has 2 aromatic heterocycles. The van der Waals surface area contributed by atoms with Gasteiger partial charge in [-0.15, -0.1) is 0 Å². The van der Waals surface area contributed by atoms with Crippen molar-refractivity contribution in [2.24, 2.45) is 0 Å². The molecule has 9 heteroatoms. The normalized spacial score (nSPS) is 15.0. The van der Waals surface area contributed by atoms with E-state index in [0.29, 0.717) is 6.67 Å². The maximum absolute atomic E-state index is 5.79. The molecule has 1 fully saturated rings. The van der Waals surface area contributed by atoms with Crippen molar-refractivity contribution >= 4 is 18.2 Å². The van der Waals surface area contributed by atoms with Crippen LogP contribution in [-0.2, 0) is 6.67 Å². The maximum Gasteiger partial charge on any atom is 0.225 e. The van der Waals surface area contributed by atoms with E-state index in [1.54, 1.807) is 19.5 Å². The molecular weight excluding hydrogens is 398 g/mol. The lowest BCUT2D eigenvalue weighted by atomic mass is 10.2. The van der Waals surface area contributed by atoms with Gasteiger partial charge in [-0.25, -0.2) is 14.6 Å². The molecule has 158 valence electrons. The molecule has 1 aliphatic rings. The number of hydrogen-bond acceptors (Lipinski definition) is 7. The van der Waals surface area contributed by atoms with Crippen molar-refractivity contribution < 1.29 is 4.74 Å². The monoisotopic (exact) mass is 425 g/mol. The van der Waals surface area contributed by atoms with Crippen molar-refractivity contribution in [2.75, 3.05) is 38.2 Å². The van der Waals surface area contributed by atoms with Crippen LogP contribution in [0.4, 0.5) is 5.95 Å². The number of piperazine rings is 1. The third-order valence-electron chi connectivity index (χ3n) is 5.28. The Kier molecular flexibility index (Phi) is 6.10. The summed E-state index contributed by atoms with van der Waals surface area (Å²) < 4.78 is 10.1. The van der Waals surface area contributed by atoms with Crippen LogP contribution in [0.2, 0.25) is 0 Å². The molecular formula is C21H27N7OS. The molecule has 0 saturated carbocycles. The van der Waals surface area contributed by atoms with E-state index in [2.05, 4.69) is 38.2 Å². The first-order valence-corrected chi connectivity index (χ1v) is 10.6. The first kappa shape index (κ1) is 20.5. The van der Waals surface area contributed by atoms with Gasteiger partial charge < -0.3 is 9.64 Å². The van der Waals surface area contributed by atoms with Gasteiger partial charge in [-0.2, -0.15) is 5.10 Å². The molecule has 0 atom stereocenters. The largest absolute Gasteiger partial charge is 0.497 e. The number of methoxy groups -OCH3 is 1. The Labute approximate surface area is 181 Å². The second-order valence-corrected chi connectivity index (χ2v) is 7.96. The number of benzene rings is 1. The van der Waals surface area contributed by atoms with Crippen LogP contribution in [0.1, 0.15) is 19.9 Å². The average Bonchev–Trinajstić information content (AvgIpc) is 3.11. The second kappa shape index (κ2) is 8.93. The SMILES string of the molecule is COc1ccc(-c2nn(CN3CCN(c4ncccn4)CC3)c(=S)n2C(C)C)cc1. The number of anilines is 1. The van der Waals surface area contributed by atoms with Crippen molar-refractivity contribution in [1.29, 1.82) is 0 Å². The molecule has 3 heterocycles. The number of ether oxygens (including phenoxy) is 1. The van der Waals surface area contributed by atoms with Gasteiger partial charge in [-0.05, 0) is 56.4 Å². The number of rotatable bonds is 6. The first-order chi connectivity index (χ1) is 14.6. The molecule has 1 aromatic carbocycles. The highest BCUT2D eigenvalue weighted by atomic mass is 32.1. The fourth-order valence-corrected chi connectivity index (χ4v) is 4.04. The lowest BCUT2D eigenvalue weighted by Gasteiger charge is -2.34. The lowest BCUT2D eigenvalue weighted by Crippen LogP contribution is -2.47. The quantitative estimate of drug-likeness (QED) is 0.562. The van der Waals surface area contributed by atoms with E-state index >= 15 is 0 Å². The number of nitrogens with zero attached hydrogens (tertiary/aromatic N) is 7. The molecule has 0 bridgehead atoms. The van der Waals surface area contributed by atoms with Crippen LogP contribution in [0.3, 0.4) is 0 Å². The van der Waals surface area contributed by atoms with Crippen LogP contribution >= 0.6 is 12.2 Å². The summed E-state index contributed by atoms with van der Waals surface area (Å²) in [4.78, 5) is 13.3. The van der Waals surface area contributed by atoms with Gasteiger partial charge in [0.05, 0.1) is 13.8 Å². The second-order valence-electron chi connectivity index (χ2n) is 7.59. The predicted octanol–water partition coefficient (Wildman–Crippen LogP) is 3.24. The van der Waals surface area contributed by atoms with E-state index in [4.69, 9.17) is 22.1 Å². The lowest BCUT2D eigenvalue weighted by molar-refractivity contribution is 0.193. The topological polar surface area (TPSA) is 64.2 Å². The molecule has 0 unspecified atom stereocenters. The molecule has 0 radical (unpaired) electrons. The standard InChI is InChI=1S/C21H27N7OS/c1-16(2)28-19(17-5-7-18(29-3)8-6-17)24-27(21(28)30)15-25-11-13-26(14-12-25)20-22-9-4-10-23-20/h4-10,16H,11-15H2,1-3H3. The Bertz CT molecular complexity index is 1020. The van der Waals surface area contributed by atoms with Crippen LogP contribution < -0.4 is 9.64 Å². The van der Waals surface area contributed by atoms with Crippen molar-refractivity contribution in [3.63, 3.8) is 0 Å². The summed E-state index contributed by atoms with van der Waals surface area (Å²) in [7, 11) is 1.67. The smallest absolute Gasteiger partial charge is 0.225 e. The fraction of sp³-hybridized carbons (Fsp3) is 0.429. The van der Waals surface area contributed by atoms with Crippen LogP contribution in [0, 0.1) is 4.77 Å². The minimum atomic E-state index is 0.218. The van der Waals surface area contributed by atoms with Crippen molar-refractivity contribution in [1.82, 2.24) is 29.2 Å². The Morgan fingerprint density at radius 1 is 1.03 bits per heavy atom. The molecule has 3 aromatic rings. The third-order valence-corrected chi connectivity index (χ3v) is 5.68. The molecule has 0 spiro atoms. The summed E-state index contributed by atoms with van der Waals surface area (Å²) in [6.45, 7) is 8.52. The van der Waals surface area contributed by atoms with E-state index in [1.807, 2.05) is 35.0 Å². The minimum absolute atomic E-state index is 0.218. The van der Waals surface area contributed by atoms with Gasteiger partial charge in [0.1, 0.15) is 5.75 Å². The maximum atomic E-state index is 5.79. The summed E-state index contributed by atoms with van der Waals surface area (Å²) in [5.41, 5.74) is 1.03. The molecule has 4 rings (SSSR count). The summed E-state index contributed by atoms with van der Waals surface area (Å²) in [6, 6.07) is 10.0. The molecule has 1 saturated heterocycles. The molecule has 1 aliphatic heterocycles. The Hall–Kier alpha value is -2.78.